The zero-order valence-electron chi connectivity index (χ0n) is 15.7. The summed E-state index contributed by atoms with van der Waals surface area (Å²) in [5.41, 5.74) is 0.623. The van der Waals surface area contributed by atoms with E-state index >= 15 is 0 Å². The molecule has 0 bridgehead atoms. The van der Waals surface area contributed by atoms with Crippen molar-refractivity contribution in [1.82, 2.24) is 9.62 Å². The Morgan fingerprint density at radius 1 is 1.14 bits per heavy atom. The molecule has 154 valence electrons. The van der Waals surface area contributed by atoms with Gasteiger partial charge in [0.05, 0.1) is 17.7 Å². The van der Waals surface area contributed by atoms with Gasteiger partial charge in [-0.05, 0) is 48.7 Å². The molecule has 1 fully saturated rings. The number of ether oxygens (including phenoxy) is 1. The van der Waals surface area contributed by atoms with Gasteiger partial charge in [0.1, 0.15) is 5.76 Å². The molecule has 1 N–H and O–H groups in total. The Hall–Kier alpha value is -2.91. The maximum atomic E-state index is 12.3. The van der Waals surface area contributed by atoms with Crippen LogP contribution in [0.1, 0.15) is 24.2 Å². The molecule has 1 aliphatic rings. The number of nitrogens with zero attached hydrogens (tertiary/aromatic N) is 1. The topological polar surface area (TPSA) is 106 Å². The number of furan rings is 1. The van der Waals surface area contributed by atoms with Crippen LogP contribution in [0.15, 0.2) is 58.1 Å². The summed E-state index contributed by atoms with van der Waals surface area (Å²) in [4.78, 5) is 25.4. The van der Waals surface area contributed by atoms with Crippen molar-refractivity contribution in [3.05, 3.63) is 60.1 Å². The zero-order chi connectivity index (χ0) is 20.7. The van der Waals surface area contributed by atoms with E-state index in [1.807, 2.05) is 0 Å². The molecule has 1 aromatic carbocycles. The highest BCUT2D eigenvalue weighted by Gasteiger charge is 2.18. The van der Waals surface area contributed by atoms with Crippen LogP contribution < -0.4 is 4.72 Å². The molecule has 0 spiro atoms. The average molecular weight is 418 g/mol. The molecule has 29 heavy (non-hydrogen) atoms. The second kappa shape index (κ2) is 9.53. The Morgan fingerprint density at radius 2 is 1.86 bits per heavy atom. The van der Waals surface area contributed by atoms with Crippen molar-refractivity contribution in [3.63, 3.8) is 0 Å². The van der Waals surface area contributed by atoms with Crippen molar-refractivity contribution in [2.75, 3.05) is 19.7 Å². The SMILES string of the molecule is O=C(/C=C/c1ccc(S(=O)(=O)NCc2ccco2)cc1)OCC(=O)N1CCCC1. The van der Waals surface area contributed by atoms with Gasteiger partial charge in [-0.2, -0.15) is 0 Å². The summed E-state index contributed by atoms with van der Waals surface area (Å²) in [6, 6.07) is 9.37. The standard InChI is InChI=1S/C20H22N2O6S/c23-19(22-11-1-2-12-22)15-28-20(24)10-7-16-5-8-18(9-6-16)29(25,26)21-14-17-4-3-13-27-17/h3-10,13,21H,1-2,11-12,14-15H2/b10-7+. The monoisotopic (exact) mass is 418 g/mol. The van der Waals surface area contributed by atoms with E-state index in [1.165, 1.54) is 30.5 Å². The van der Waals surface area contributed by atoms with Gasteiger partial charge in [0, 0.05) is 19.2 Å². The Balaban J connectivity index is 1.49. The molecule has 0 unspecified atom stereocenters. The highest BCUT2D eigenvalue weighted by Crippen LogP contribution is 2.13. The van der Waals surface area contributed by atoms with Gasteiger partial charge in [0.15, 0.2) is 6.61 Å². The Kier molecular flexibility index (Phi) is 6.84. The number of likely N-dealkylation sites (tertiary alicyclic amines) is 1. The van der Waals surface area contributed by atoms with Crippen molar-refractivity contribution in [2.24, 2.45) is 0 Å². The van der Waals surface area contributed by atoms with Crippen LogP contribution in [0.3, 0.4) is 0 Å². The molecule has 1 amide bonds. The van der Waals surface area contributed by atoms with Crippen LogP contribution in [-0.2, 0) is 30.9 Å². The lowest BCUT2D eigenvalue weighted by Crippen LogP contribution is -2.31. The third-order valence-electron chi connectivity index (χ3n) is 4.42. The number of rotatable bonds is 8. The predicted molar refractivity (Wildman–Crippen MR) is 105 cm³/mol. The normalized spacial score (nSPS) is 14.4. The molecule has 1 aliphatic heterocycles. The van der Waals surface area contributed by atoms with Crippen LogP contribution in [0, 0.1) is 0 Å². The largest absolute Gasteiger partial charge is 0.468 e. The quantitative estimate of drug-likeness (QED) is 0.519. The van der Waals surface area contributed by atoms with Gasteiger partial charge in [-0.3, -0.25) is 4.79 Å². The first-order valence-corrected chi connectivity index (χ1v) is 10.7. The first kappa shape index (κ1) is 20.8. The second-order valence-electron chi connectivity index (χ2n) is 6.50. The summed E-state index contributed by atoms with van der Waals surface area (Å²) in [5, 5.41) is 0. The number of hydrogen-bond acceptors (Lipinski definition) is 6. The summed E-state index contributed by atoms with van der Waals surface area (Å²) < 4.78 is 37.1. The first-order chi connectivity index (χ1) is 13.9. The molecule has 2 heterocycles. The van der Waals surface area contributed by atoms with Crippen LogP contribution in [0.4, 0.5) is 0 Å². The third kappa shape index (κ3) is 6.03. The van der Waals surface area contributed by atoms with Crippen LogP contribution in [0.2, 0.25) is 0 Å². The highest BCUT2D eigenvalue weighted by atomic mass is 32.2. The van der Waals surface area contributed by atoms with Crippen LogP contribution in [0.5, 0.6) is 0 Å². The maximum absolute atomic E-state index is 12.3. The van der Waals surface area contributed by atoms with E-state index in [0.29, 0.717) is 24.4 Å². The van der Waals surface area contributed by atoms with E-state index in [0.717, 1.165) is 12.8 Å². The summed E-state index contributed by atoms with van der Waals surface area (Å²) in [6.07, 6.45) is 6.12. The number of esters is 1. The number of carbonyl (C=O) groups excluding carboxylic acids is 2. The number of hydrogen-bond donors (Lipinski definition) is 1. The zero-order valence-corrected chi connectivity index (χ0v) is 16.6. The summed E-state index contributed by atoms with van der Waals surface area (Å²) in [5.74, 6) is -0.315. The van der Waals surface area contributed by atoms with Crippen LogP contribution in [0.25, 0.3) is 6.08 Å². The molecule has 2 aromatic rings. The number of nitrogens with one attached hydrogen (secondary N) is 1. The van der Waals surface area contributed by atoms with Gasteiger partial charge < -0.3 is 14.1 Å². The minimum absolute atomic E-state index is 0.0545. The first-order valence-electron chi connectivity index (χ1n) is 9.19. The highest BCUT2D eigenvalue weighted by molar-refractivity contribution is 7.89. The lowest BCUT2D eigenvalue weighted by atomic mass is 10.2. The van der Waals surface area contributed by atoms with Crippen molar-refractivity contribution < 1.29 is 27.2 Å². The van der Waals surface area contributed by atoms with Gasteiger partial charge >= 0.3 is 5.97 Å². The molecule has 8 nitrogen and oxygen atoms in total. The molecule has 1 aromatic heterocycles. The van der Waals surface area contributed by atoms with Gasteiger partial charge in [-0.25, -0.2) is 17.9 Å². The third-order valence-corrected chi connectivity index (χ3v) is 5.83. The van der Waals surface area contributed by atoms with Crippen molar-refractivity contribution in [2.45, 2.75) is 24.3 Å². The van der Waals surface area contributed by atoms with E-state index in [-0.39, 0.29) is 24.0 Å². The number of carbonyl (C=O) groups is 2. The maximum Gasteiger partial charge on any atom is 0.331 e. The fourth-order valence-corrected chi connectivity index (χ4v) is 3.82. The molecular weight excluding hydrogens is 396 g/mol. The summed E-state index contributed by atoms with van der Waals surface area (Å²) in [7, 11) is -3.68. The molecule has 9 heteroatoms. The second-order valence-corrected chi connectivity index (χ2v) is 8.27. The molecular formula is C20H22N2O6S. The van der Waals surface area contributed by atoms with E-state index in [2.05, 4.69) is 4.72 Å². The number of benzene rings is 1. The fraction of sp³-hybridized carbons (Fsp3) is 0.300. The van der Waals surface area contributed by atoms with Gasteiger partial charge in [0.25, 0.3) is 5.91 Å². The molecule has 1 saturated heterocycles. The number of amides is 1. The van der Waals surface area contributed by atoms with Crippen molar-refractivity contribution >= 4 is 28.0 Å². The molecule has 0 aliphatic carbocycles. The predicted octanol–water partition coefficient (Wildman–Crippen LogP) is 1.94. The number of sulfonamides is 1. The fourth-order valence-electron chi connectivity index (χ4n) is 2.82. The van der Waals surface area contributed by atoms with E-state index in [9.17, 15) is 18.0 Å². The van der Waals surface area contributed by atoms with Crippen LogP contribution >= 0.6 is 0 Å². The molecule has 3 rings (SSSR count). The lowest BCUT2D eigenvalue weighted by Gasteiger charge is -2.14. The van der Waals surface area contributed by atoms with E-state index in [4.69, 9.17) is 9.15 Å². The lowest BCUT2D eigenvalue weighted by molar-refractivity contribution is -0.147. The van der Waals surface area contributed by atoms with E-state index < -0.39 is 16.0 Å². The van der Waals surface area contributed by atoms with Gasteiger partial charge in [-0.1, -0.05) is 12.1 Å². The van der Waals surface area contributed by atoms with E-state index in [1.54, 1.807) is 29.2 Å². The average Bonchev–Trinajstić information content (AvgIpc) is 3.43. The van der Waals surface area contributed by atoms with Gasteiger partial charge in [0.2, 0.25) is 10.0 Å². The van der Waals surface area contributed by atoms with Crippen molar-refractivity contribution in [3.8, 4) is 0 Å². The smallest absolute Gasteiger partial charge is 0.331 e. The molecule has 0 atom stereocenters. The van der Waals surface area contributed by atoms with Crippen LogP contribution in [-0.4, -0.2) is 44.9 Å². The molecule has 0 radical (unpaired) electrons. The summed E-state index contributed by atoms with van der Waals surface area (Å²) >= 11 is 0. The Bertz CT molecular complexity index is 959. The molecule has 0 saturated carbocycles. The van der Waals surface area contributed by atoms with Crippen molar-refractivity contribution in [1.29, 1.82) is 0 Å². The minimum Gasteiger partial charge on any atom is -0.468 e. The summed E-state index contributed by atoms with van der Waals surface area (Å²) in [6.45, 7) is 1.19. The Labute approximate surface area is 169 Å². The van der Waals surface area contributed by atoms with Gasteiger partial charge in [-0.15, -0.1) is 0 Å². The minimum atomic E-state index is -3.68. The Morgan fingerprint density at radius 3 is 2.52 bits per heavy atom.